The van der Waals surface area contributed by atoms with Crippen molar-refractivity contribution in [2.24, 2.45) is 0 Å². The predicted molar refractivity (Wildman–Crippen MR) is 82.8 cm³/mol. The fourth-order valence-corrected chi connectivity index (χ4v) is 2.38. The summed E-state index contributed by atoms with van der Waals surface area (Å²) in [6.45, 7) is 5.32. The number of carbonyl (C=O) groups is 3. The first-order valence-electron chi connectivity index (χ1n) is 6.93. The third kappa shape index (κ3) is 2.86. The Kier molecular flexibility index (Phi) is 4.30. The van der Waals surface area contributed by atoms with E-state index in [-0.39, 0.29) is 18.4 Å². The standard InChI is InChI=1S/C16H19N3O3/c1-10(15(21)18(3)4)17-14(20)9-19-11(2)12-7-5-6-8-13(12)16(19)22/h5-8,10H,2,9H2,1,3-4H3,(H,17,20). The van der Waals surface area contributed by atoms with Crippen LogP contribution in [-0.4, -0.2) is 54.2 Å². The van der Waals surface area contributed by atoms with E-state index in [1.165, 1.54) is 9.80 Å². The molecule has 1 N–H and O–H groups in total. The average Bonchev–Trinajstić information content (AvgIpc) is 2.72. The molecule has 6 nitrogen and oxygen atoms in total. The summed E-state index contributed by atoms with van der Waals surface area (Å²) < 4.78 is 0. The van der Waals surface area contributed by atoms with Crippen molar-refractivity contribution >= 4 is 23.4 Å². The fourth-order valence-electron chi connectivity index (χ4n) is 2.38. The van der Waals surface area contributed by atoms with Gasteiger partial charge in [0.05, 0.1) is 0 Å². The molecule has 0 spiro atoms. The topological polar surface area (TPSA) is 69.7 Å². The zero-order chi connectivity index (χ0) is 16.4. The molecular formula is C16H19N3O3. The van der Waals surface area contributed by atoms with Crippen molar-refractivity contribution in [2.75, 3.05) is 20.6 Å². The molecule has 1 aliphatic heterocycles. The largest absolute Gasteiger partial charge is 0.347 e. The summed E-state index contributed by atoms with van der Waals surface area (Å²) >= 11 is 0. The zero-order valence-corrected chi connectivity index (χ0v) is 12.9. The van der Waals surface area contributed by atoms with Gasteiger partial charge in [0.1, 0.15) is 12.6 Å². The molecule has 116 valence electrons. The van der Waals surface area contributed by atoms with E-state index in [1.807, 2.05) is 6.07 Å². The van der Waals surface area contributed by atoms with Crippen LogP contribution in [0.4, 0.5) is 0 Å². The van der Waals surface area contributed by atoms with E-state index in [9.17, 15) is 14.4 Å². The van der Waals surface area contributed by atoms with E-state index < -0.39 is 11.9 Å². The van der Waals surface area contributed by atoms with E-state index in [4.69, 9.17) is 0 Å². The Morgan fingerprint density at radius 1 is 1.27 bits per heavy atom. The number of rotatable bonds is 4. The maximum atomic E-state index is 12.3. The number of fused-ring (bicyclic) bond motifs is 1. The van der Waals surface area contributed by atoms with Gasteiger partial charge in [0, 0.05) is 30.9 Å². The van der Waals surface area contributed by atoms with Crippen LogP contribution in [0, 0.1) is 0 Å². The molecule has 1 atom stereocenters. The minimum atomic E-state index is -0.643. The second-order valence-corrected chi connectivity index (χ2v) is 5.41. The Hall–Kier alpha value is -2.63. The van der Waals surface area contributed by atoms with Crippen LogP contribution >= 0.6 is 0 Å². The number of carbonyl (C=O) groups excluding carboxylic acids is 3. The van der Waals surface area contributed by atoms with Gasteiger partial charge >= 0.3 is 0 Å². The first kappa shape index (κ1) is 15.8. The summed E-state index contributed by atoms with van der Waals surface area (Å²) in [5.74, 6) is -0.851. The van der Waals surface area contributed by atoms with E-state index in [0.29, 0.717) is 11.3 Å². The summed E-state index contributed by atoms with van der Waals surface area (Å²) in [6, 6.07) is 6.45. The summed E-state index contributed by atoms with van der Waals surface area (Å²) in [7, 11) is 3.24. The molecule has 0 radical (unpaired) electrons. The van der Waals surface area contributed by atoms with Crippen molar-refractivity contribution in [3.8, 4) is 0 Å². The van der Waals surface area contributed by atoms with Gasteiger partial charge in [0.25, 0.3) is 5.91 Å². The second-order valence-electron chi connectivity index (χ2n) is 5.41. The van der Waals surface area contributed by atoms with Crippen LogP contribution in [0.3, 0.4) is 0 Å². The fraction of sp³-hybridized carbons (Fsp3) is 0.312. The lowest BCUT2D eigenvalue weighted by Crippen LogP contribution is -2.47. The molecule has 3 amide bonds. The van der Waals surface area contributed by atoms with Crippen molar-refractivity contribution in [1.29, 1.82) is 0 Å². The molecule has 0 fully saturated rings. The summed E-state index contributed by atoms with van der Waals surface area (Å²) in [5.41, 5.74) is 1.78. The predicted octanol–water partition coefficient (Wildman–Crippen LogP) is 0.706. The first-order valence-corrected chi connectivity index (χ1v) is 6.93. The van der Waals surface area contributed by atoms with Crippen molar-refractivity contribution in [3.05, 3.63) is 42.0 Å². The van der Waals surface area contributed by atoms with Crippen molar-refractivity contribution in [2.45, 2.75) is 13.0 Å². The average molecular weight is 301 g/mol. The molecular weight excluding hydrogens is 282 g/mol. The number of likely N-dealkylation sites (N-methyl/N-ethyl adjacent to an activating group) is 1. The molecule has 6 heteroatoms. The lowest BCUT2D eigenvalue weighted by Gasteiger charge is -2.21. The number of hydrogen-bond donors (Lipinski definition) is 1. The third-order valence-corrected chi connectivity index (χ3v) is 3.53. The van der Waals surface area contributed by atoms with Gasteiger partial charge in [0.15, 0.2) is 0 Å². The van der Waals surface area contributed by atoms with Gasteiger partial charge in [-0.2, -0.15) is 0 Å². The quantitative estimate of drug-likeness (QED) is 0.890. The van der Waals surface area contributed by atoms with Gasteiger partial charge in [-0.3, -0.25) is 19.3 Å². The third-order valence-electron chi connectivity index (χ3n) is 3.53. The Labute approximate surface area is 129 Å². The number of benzene rings is 1. The monoisotopic (exact) mass is 301 g/mol. The maximum Gasteiger partial charge on any atom is 0.259 e. The van der Waals surface area contributed by atoms with E-state index in [2.05, 4.69) is 11.9 Å². The highest BCUT2D eigenvalue weighted by Gasteiger charge is 2.32. The Balaban J connectivity index is 2.04. The highest BCUT2D eigenvalue weighted by Crippen LogP contribution is 2.30. The Morgan fingerprint density at radius 3 is 2.41 bits per heavy atom. The van der Waals surface area contributed by atoms with Crippen molar-refractivity contribution < 1.29 is 14.4 Å². The summed E-state index contributed by atoms with van der Waals surface area (Å²) in [4.78, 5) is 38.8. The molecule has 0 saturated heterocycles. The van der Waals surface area contributed by atoms with Gasteiger partial charge in [-0.15, -0.1) is 0 Å². The molecule has 1 aromatic carbocycles. The molecule has 0 bridgehead atoms. The van der Waals surface area contributed by atoms with Gasteiger partial charge in [-0.1, -0.05) is 24.8 Å². The maximum absolute atomic E-state index is 12.3. The van der Waals surface area contributed by atoms with Crippen molar-refractivity contribution in [3.63, 3.8) is 0 Å². The van der Waals surface area contributed by atoms with Gasteiger partial charge in [-0.25, -0.2) is 0 Å². The normalized spacial score (nSPS) is 14.6. The van der Waals surface area contributed by atoms with E-state index in [0.717, 1.165) is 5.56 Å². The number of nitrogens with one attached hydrogen (secondary N) is 1. The molecule has 22 heavy (non-hydrogen) atoms. The lowest BCUT2D eigenvalue weighted by atomic mass is 10.1. The number of nitrogens with zero attached hydrogens (tertiary/aromatic N) is 2. The highest BCUT2D eigenvalue weighted by atomic mass is 16.2. The van der Waals surface area contributed by atoms with Crippen LogP contribution in [0.1, 0.15) is 22.8 Å². The van der Waals surface area contributed by atoms with Crippen LogP contribution in [0.5, 0.6) is 0 Å². The zero-order valence-electron chi connectivity index (χ0n) is 12.9. The molecule has 2 rings (SSSR count). The van der Waals surface area contributed by atoms with Crippen LogP contribution < -0.4 is 5.32 Å². The summed E-state index contributed by atoms with van der Waals surface area (Å²) in [6.07, 6.45) is 0. The smallest absolute Gasteiger partial charge is 0.259 e. The van der Waals surface area contributed by atoms with Crippen molar-refractivity contribution in [1.82, 2.24) is 15.1 Å². The van der Waals surface area contributed by atoms with Crippen LogP contribution in [-0.2, 0) is 9.59 Å². The Bertz CT molecular complexity index is 617. The lowest BCUT2D eigenvalue weighted by molar-refractivity contribution is -0.133. The SMILES string of the molecule is C=C1c2ccccc2C(=O)N1CC(=O)NC(C)C(=O)N(C)C. The molecule has 1 aromatic rings. The van der Waals surface area contributed by atoms with Gasteiger partial charge in [0.2, 0.25) is 11.8 Å². The summed E-state index contributed by atoms with van der Waals surface area (Å²) in [5, 5.41) is 2.59. The minimum Gasteiger partial charge on any atom is -0.347 e. The number of hydrogen-bond acceptors (Lipinski definition) is 3. The molecule has 0 aromatic heterocycles. The van der Waals surface area contributed by atoms with Gasteiger partial charge in [-0.05, 0) is 13.0 Å². The van der Waals surface area contributed by atoms with Gasteiger partial charge < -0.3 is 10.2 Å². The first-order chi connectivity index (χ1) is 10.3. The molecule has 1 heterocycles. The highest BCUT2D eigenvalue weighted by molar-refractivity contribution is 6.10. The van der Waals surface area contributed by atoms with Crippen LogP contribution in [0.2, 0.25) is 0 Å². The van der Waals surface area contributed by atoms with E-state index >= 15 is 0 Å². The molecule has 0 aliphatic carbocycles. The molecule has 1 unspecified atom stereocenters. The second kappa shape index (κ2) is 6.01. The molecule has 1 aliphatic rings. The van der Waals surface area contributed by atoms with Crippen LogP contribution in [0.25, 0.3) is 5.70 Å². The minimum absolute atomic E-state index is 0.155. The van der Waals surface area contributed by atoms with E-state index in [1.54, 1.807) is 39.2 Å². The number of amides is 3. The Morgan fingerprint density at radius 2 is 1.86 bits per heavy atom. The van der Waals surface area contributed by atoms with Crippen LogP contribution in [0.15, 0.2) is 30.8 Å². The molecule has 0 saturated carbocycles.